The number of carbonyl (C=O) groups excluding carboxylic acids is 5. The van der Waals surface area contributed by atoms with Gasteiger partial charge in [-0.1, -0.05) is 74.8 Å². The Morgan fingerprint density at radius 1 is 0.896 bits per heavy atom. The lowest BCUT2D eigenvalue weighted by molar-refractivity contribution is -0.182. The van der Waals surface area contributed by atoms with Crippen LogP contribution in [-0.4, -0.2) is 83.0 Å². The number of esters is 1. The second-order valence-corrected chi connectivity index (χ2v) is 18.8. The molecule has 2 aliphatic rings. The summed E-state index contributed by atoms with van der Waals surface area (Å²) in [7, 11) is -2.56. The zero-order valence-corrected chi connectivity index (χ0v) is 29.4. The molecule has 4 unspecified atom stereocenters. The zero-order valence-electron chi connectivity index (χ0n) is 27.7. The Morgan fingerprint density at radius 3 is 1.98 bits per heavy atom. The second kappa shape index (κ2) is 13.4. The first-order valence-electron chi connectivity index (χ1n) is 15.7. The molecule has 0 aliphatic carbocycles. The Kier molecular flexibility index (Phi) is 9.80. The summed E-state index contributed by atoms with van der Waals surface area (Å²) in [6.07, 6.45) is -2.90. The summed E-state index contributed by atoms with van der Waals surface area (Å²) in [5, 5.41) is 11.8. The molecule has 10 nitrogen and oxygen atoms in total. The van der Waals surface area contributed by atoms with Crippen molar-refractivity contribution >= 4 is 49.4 Å². The van der Waals surface area contributed by atoms with Crippen LogP contribution in [0, 0.1) is 0 Å². The Balaban J connectivity index is 1.56. The first kappa shape index (κ1) is 35.2. The lowest BCUT2D eigenvalue weighted by Crippen LogP contribution is -2.79. The third-order valence-corrected chi connectivity index (χ3v) is 14.3. The Labute approximate surface area is 285 Å². The Bertz CT molecular complexity index is 1710. The number of halogens is 1. The fourth-order valence-electron chi connectivity index (χ4n) is 5.88. The highest BCUT2D eigenvalue weighted by atomic mass is 35.5. The van der Waals surface area contributed by atoms with Gasteiger partial charge in [0, 0.05) is 10.6 Å². The van der Waals surface area contributed by atoms with E-state index >= 15 is 0 Å². The summed E-state index contributed by atoms with van der Waals surface area (Å²) in [6.45, 7) is 11.6. The number of Topliss-reactive ketones (excluding diaryl/α,β-unsaturated/α-hetero) is 1. The van der Waals surface area contributed by atoms with E-state index in [1.54, 1.807) is 43.3 Å². The minimum atomic E-state index is -2.56. The summed E-state index contributed by atoms with van der Waals surface area (Å²) in [6, 6.07) is 16.4. The second-order valence-electron chi connectivity index (χ2n) is 13.6. The van der Waals surface area contributed by atoms with Crippen LogP contribution in [0.15, 0.2) is 78.9 Å². The van der Waals surface area contributed by atoms with Crippen LogP contribution < -0.4 is 0 Å². The van der Waals surface area contributed by atoms with Crippen LogP contribution in [0.1, 0.15) is 64.3 Å². The molecule has 5 atom stereocenters. The molecule has 1 saturated heterocycles. The van der Waals surface area contributed by atoms with E-state index in [0.29, 0.717) is 10.6 Å². The number of β-lactam (4-membered cyclic amide) rings is 1. The van der Waals surface area contributed by atoms with E-state index in [0.717, 1.165) is 9.80 Å². The zero-order chi connectivity index (χ0) is 35.1. The van der Waals surface area contributed by atoms with Gasteiger partial charge in [0.05, 0.1) is 23.3 Å². The fourth-order valence-corrected chi connectivity index (χ4v) is 7.42. The van der Waals surface area contributed by atoms with Crippen molar-refractivity contribution in [2.75, 3.05) is 0 Å². The van der Waals surface area contributed by atoms with Gasteiger partial charge in [-0.05, 0) is 67.0 Å². The van der Waals surface area contributed by atoms with E-state index in [1.807, 2.05) is 39.9 Å². The maximum atomic E-state index is 14.3. The molecule has 48 heavy (non-hydrogen) atoms. The molecule has 0 spiro atoms. The van der Waals surface area contributed by atoms with Crippen LogP contribution >= 0.6 is 11.6 Å². The highest BCUT2D eigenvalue weighted by Crippen LogP contribution is 2.41. The van der Waals surface area contributed by atoms with Crippen LogP contribution in [0.4, 0.5) is 0 Å². The smallest absolute Gasteiger partial charge is 0.331 e. The van der Waals surface area contributed by atoms with Crippen molar-refractivity contribution in [1.82, 2.24) is 9.80 Å². The molecule has 2 aliphatic heterocycles. The van der Waals surface area contributed by atoms with Gasteiger partial charge in [-0.15, -0.1) is 0 Å². The minimum Gasteiger partial charge on any atom is -0.459 e. The van der Waals surface area contributed by atoms with E-state index < -0.39 is 68.1 Å². The number of nitrogens with zero attached hydrogens (tertiary/aromatic N) is 2. The van der Waals surface area contributed by atoms with Crippen molar-refractivity contribution in [3.8, 4) is 0 Å². The summed E-state index contributed by atoms with van der Waals surface area (Å²) in [4.78, 5) is 71.1. The van der Waals surface area contributed by atoms with Crippen molar-refractivity contribution in [3.05, 3.63) is 106 Å². The van der Waals surface area contributed by atoms with Crippen LogP contribution in [0.25, 0.3) is 0 Å². The number of carbonyl (C=O) groups is 5. The van der Waals surface area contributed by atoms with Gasteiger partial charge in [0.2, 0.25) is 5.91 Å². The number of ether oxygens (including phenoxy) is 1. The van der Waals surface area contributed by atoms with Crippen LogP contribution in [0.5, 0.6) is 0 Å². The minimum absolute atomic E-state index is 0.0843. The molecular weight excluding hydrogens is 652 g/mol. The van der Waals surface area contributed by atoms with Gasteiger partial charge in [0.25, 0.3) is 11.8 Å². The normalized spacial score (nSPS) is 19.8. The third kappa shape index (κ3) is 6.47. The number of aliphatic hydroxyl groups excluding tert-OH is 1. The molecule has 0 saturated carbocycles. The molecule has 3 amide bonds. The van der Waals surface area contributed by atoms with Gasteiger partial charge in [0.1, 0.15) is 18.8 Å². The molecule has 0 bridgehead atoms. The van der Waals surface area contributed by atoms with Gasteiger partial charge < -0.3 is 19.2 Å². The maximum absolute atomic E-state index is 14.3. The number of hydrogen-bond donors (Lipinski definition) is 1. The van der Waals surface area contributed by atoms with E-state index in [1.165, 1.54) is 36.4 Å². The molecule has 0 aromatic heterocycles. The van der Waals surface area contributed by atoms with Gasteiger partial charge >= 0.3 is 5.97 Å². The lowest BCUT2D eigenvalue weighted by Gasteiger charge is -2.54. The van der Waals surface area contributed by atoms with E-state index in [-0.39, 0.29) is 28.3 Å². The van der Waals surface area contributed by atoms with Crippen LogP contribution in [0.3, 0.4) is 0 Å². The van der Waals surface area contributed by atoms with Crippen molar-refractivity contribution < 1.29 is 38.2 Å². The Morgan fingerprint density at radius 2 is 1.44 bits per heavy atom. The Hall–Kier alpha value is -4.16. The predicted octanol–water partition coefficient (Wildman–Crippen LogP) is 5.28. The van der Waals surface area contributed by atoms with Crippen molar-refractivity contribution in [2.24, 2.45) is 0 Å². The molecular formula is C36H39ClN2O8Si. The van der Waals surface area contributed by atoms with E-state index in [9.17, 15) is 29.1 Å². The predicted molar refractivity (Wildman–Crippen MR) is 181 cm³/mol. The van der Waals surface area contributed by atoms with Crippen LogP contribution in [-0.2, 0) is 25.4 Å². The maximum Gasteiger partial charge on any atom is 0.331 e. The average molecular weight is 691 g/mol. The molecule has 252 valence electrons. The number of ketones is 1. The number of hydrogen-bond acceptors (Lipinski definition) is 8. The van der Waals surface area contributed by atoms with Gasteiger partial charge in [-0.3, -0.25) is 24.1 Å². The quantitative estimate of drug-likeness (QED) is 0.0946. The van der Waals surface area contributed by atoms with E-state index in [2.05, 4.69) is 0 Å². The number of amides is 3. The molecule has 5 rings (SSSR count). The molecule has 1 N–H and O–H groups in total. The van der Waals surface area contributed by atoms with Crippen molar-refractivity contribution in [3.63, 3.8) is 0 Å². The largest absolute Gasteiger partial charge is 0.459 e. The van der Waals surface area contributed by atoms with Crippen LogP contribution in [0.2, 0.25) is 23.2 Å². The molecule has 1 fully saturated rings. The first-order chi connectivity index (χ1) is 22.5. The highest BCUT2D eigenvalue weighted by molar-refractivity contribution is 6.74. The number of aliphatic hydroxyl groups is 1. The molecule has 3 aromatic carbocycles. The standard InChI is InChI=1S/C36H39ClN2O8Si/c1-21(47-48(5,6)36(2,3)4)27(35(45)46-20-22-12-8-7-9-13-22)38-28(31(41)30(40)23-16-18-24(37)19-17-23)29(34(38)44)39-32(42)25-14-10-11-15-26(25)33(39)43/h7-19,21,27-29,31,41H,20H2,1-6H3/t21-,27?,28?,29?,31?/m1/s1. The number of fused-ring (bicyclic) bond motifs is 1. The van der Waals surface area contributed by atoms with Crippen molar-refractivity contribution in [2.45, 2.75) is 82.8 Å². The first-order valence-corrected chi connectivity index (χ1v) is 19.0. The topological polar surface area (TPSA) is 131 Å². The lowest BCUT2D eigenvalue weighted by atomic mass is 9.83. The van der Waals surface area contributed by atoms with Gasteiger partial charge in [-0.25, -0.2) is 4.79 Å². The monoisotopic (exact) mass is 690 g/mol. The molecule has 2 heterocycles. The van der Waals surface area contributed by atoms with Crippen molar-refractivity contribution in [1.29, 1.82) is 0 Å². The summed E-state index contributed by atoms with van der Waals surface area (Å²) >= 11 is 6.02. The number of likely N-dealkylation sites (tertiary alicyclic amines) is 1. The highest BCUT2D eigenvalue weighted by Gasteiger charge is 2.63. The number of benzene rings is 3. The summed E-state index contributed by atoms with van der Waals surface area (Å²) < 4.78 is 12.3. The summed E-state index contributed by atoms with van der Waals surface area (Å²) in [5.74, 6) is -3.89. The van der Waals surface area contributed by atoms with Gasteiger partial charge in [0.15, 0.2) is 20.1 Å². The third-order valence-electron chi connectivity index (χ3n) is 9.47. The number of imide groups is 1. The summed E-state index contributed by atoms with van der Waals surface area (Å²) in [5.41, 5.74) is 0.982. The fraction of sp³-hybridized carbons (Fsp3) is 0.361. The SMILES string of the molecule is C[C@@H](O[Si](C)(C)C(C)(C)C)C(C(=O)OCc1ccccc1)N1C(=O)C(N2C(=O)c3ccccc3C2=O)C1C(O)C(=O)c1ccc(Cl)cc1. The number of rotatable bonds is 11. The molecule has 12 heteroatoms. The molecule has 0 radical (unpaired) electrons. The average Bonchev–Trinajstić information content (AvgIpc) is 3.29. The van der Waals surface area contributed by atoms with Gasteiger partial charge in [-0.2, -0.15) is 0 Å². The molecule has 3 aromatic rings. The van der Waals surface area contributed by atoms with E-state index in [4.69, 9.17) is 20.8 Å².